The van der Waals surface area contributed by atoms with Gasteiger partial charge in [-0.3, -0.25) is 4.79 Å². The number of fused-ring (bicyclic) bond motifs is 1. The Kier molecular flexibility index (Phi) is 3.25. The molecule has 0 saturated carbocycles. The van der Waals surface area contributed by atoms with Crippen LogP contribution in [0.5, 0.6) is 0 Å². The summed E-state index contributed by atoms with van der Waals surface area (Å²) >= 11 is 6.10. The van der Waals surface area contributed by atoms with Crippen molar-refractivity contribution in [2.45, 2.75) is 19.3 Å². The van der Waals surface area contributed by atoms with Crippen molar-refractivity contribution in [3.8, 4) is 0 Å². The minimum atomic E-state index is -0.298. The zero-order valence-electron chi connectivity index (χ0n) is 10.4. The number of benzene rings is 1. The Morgan fingerprint density at radius 1 is 1.26 bits per heavy atom. The molecule has 0 fully saturated rings. The zero-order valence-corrected chi connectivity index (χ0v) is 11.2. The number of rotatable bonds is 1. The molecule has 0 radical (unpaired) electrons. The fourth-order valence-electron chi connectivity index (χ4n) is 2.47. The van der Waals surface area contributed by atoms with Crippen LogP contribution in [0.3, 0.4) is 0 Å². The van der Waals surface area contributed by atoms with E-state index in [1.165, 1.54) is 11.9 Å². The summed E-state index contributed by atoms with van der Waals surface area (Å²) in [5, 5.41) is 0.152. The van der Waals surface area contributed by atoms with Crippen molar-refractivity contribution in [2.24, 2.45) is 0 Å². The van der Waals surface area contributed by atoms with E-state index in [1.807, 2.05) is 17.0 Å². The van der Waals surface area contributed by atoms with Crippen LogP contribution in [-0.4, -0.2) is 16.5 Å². The van der Waals surface area contributed by atoms with Crippen LogP contribution in [-0.2, 0) is 6.42 Å². The molecule has 1 aliphatic rings. The fourth-order valence-corrected chi connectivity index (χ4v) is 2.68. The maximum Gasteiger partial charge on any atom is 0.271 e. The SMILES string of the molecule is O=c1[nH]cnc(N2CCCCc3ccccc32)c1Cl. The highest BCUT2D eigenvalue weighted by atomic mass is 35.5. The molecule has 4 nitrogen and oxygen atoms in total. The maximum atomic E-state index is 11.6. The van der Waals surface area contributed by atoms with E-state index in [0.29, 0.717) is 5.82 Å². The summed E-state index contributed by atoms with van der Waals surface area (Å²) in [5.41, 5.74) is 2.08. The molecule has 0 spiro atoms. The molecule has 0 unspecified atom stereocenters. The summed E-state index contributed by atoms with van der Waals surface area (Å²) in [7, 11) is 0. The summed E-state index contributed by atoms with van der Waals surface area (Å²) in [6, 6.07) is 8.21. The topological polar surface area (TPSA) is 49.0 Å². The highest BCUT2D eigenvalue weighted by Crippen LogP contribution is 2.33. The second-order valence-electron chi connectivity index (χ2n) is 4.61. The van der Waals surface area contributed by atoms with E-state index >= 15 is 0 Å². The molecule has 2 heterocycles. The summed E-state index contributed by atoms with van der Waals surface area (Å²) in [4.78, 5) is 20.4. The molecular formula is C14H14ClN3O. The van der Waals surface area contributed by atoms with E-state index < -0.39 is 0 Å². The molecule has 1 N–H and O–H groups in total. The third kappa shape index (κ3) is 2.24. The summed E-state index contributed by atoms with van der Waals surface area (Å²) < 4.78 is 0. The third-order valence-corrected chi connectivity index (χ3v) is 3.73. The number of aromatic amines is 1. The van der Waals surface area contributed by atoms with Crippen molar-refractivity contribution >= 4 is 23.1 Å². The molecule has 0 bridgehead atoms. The minimum absolute atomic E-state index is 0.152. The van der Waals surface area contributed by atoms with Gasteiger partial charge in [-0.25, -0.2) is 4.98 Å². The normalized spacial score (nSPS) is 14.9. The second kappa shape index (κ2) is 5.05. The molecule has 0 aliphatic carbocycles. The smallest absolute Gasteiger partial charge is 0.271 e. The van der Waals surface area contributed by atoms with Crippen LogP contribution in [0.25, 0.3) is 0 Å². The van der Waals surface area contributed by atoms with Crippen LogP contribution in [0.15, 0.2) is 35.4 Å². The van der Waals surface area contributed by atoms with E-state index in [1.54, 1.807) is 0 Å². The van der Waals surface area contributed by atoms with Crippen LogP contribution < -0.4 is 10.5 Å². The second-order valence-corrected chi connectivity index (χ2v) is 4.98. The van der Waals surface area contributed by atoms with Gasteiger partial charge in [-0.15, -0.1) is 0 Å². The van der Waals surface area contributed by atoms with Gasteiger partial charge >= 0.3 is 0 Å². The van der Waals surface area contributed by atoms with E-state index in [2.05, 4.69) is 22.1 Å². The van der Waals surface area contributed by atoms with Crippen molar-refractivity contribution in [2.75, 3.05) is 11.4 Å². The van der Waals surface area contributed by atoms with Crippen LogP contribution in [0, 0.1) is 0 Å². The molecule has 5 heteroatoms. The number of aromatic nitrogens is 2. The highest BCUT2D eigenvalue weighted by molar-refractivity contribution is 6.32. The van der Waals surface area contributed by atoms with Gasteiger partial charge < -0.3 is 9.88 Å². The number of hydrogen-bond donors (Lipinski definition) is 1. The minimum Gasteiger partial charge on any atom is -0.325 e. The summed E-state index contributed by atoms with van der Waals surface area (Å²) in [5.74, 6) is 0.541. The molecule has 0 amide bonds. The Balaban J connectivity index is 2.14. The summed E-state index contributed by atoms with van der Waals surface area (Å²) in [6.45, 7) is 0.827. The molecule has 0 atom stereocenters. The monoisotopic (exact) mass is 275 g/mol. The van der Waals surface area contributed by atoms with Crippen LogP contribution in [0.1, 0.15) is 18.4 Å². The Labute approximate surface area is 116 Å². The number of nitrogens with zero attached hydrogens (tertiary/aromatic N) is 2. The molecule has 3 rings (SSSR count). The number of hydrogen-bond acceptors (Lipinski definition) is 3. The highest BCUT2D eigenvalue weighted by Gasteiger charge is 2.20. The van der Waals surface area contributed by atoms with Crippen LogP contribution in [0.2, 0.25) is 5.02 Å². The Morgan fingerprint density at radius 3 is 3.00 bits per heavy atom. The lowest BCUT2D eigenvalue weighted by Gasteiger charge is -2.24. The lowest BCUT2D eigenvalue weighted by molar-refractivity contribution is 0.757. The van der Waals surface area contributed by atoms with Gasteiger partial charge in [-0.1, -0.05) is 29.8 Å². The van der Waals surface area contributed by atoms with Gasteiger partial charge in [0.2, 0.25) is 0 Å². The first-order valence-electron chi connectivity index (χ1n) is 6.36. The predicted octanol–water partition coefficient (Wildman–Crippen LogP) is 2.90. The molecule has 1 aromatic heterocycles. The molecule has 1 aromatic carbocycles. The van der Waals surface area contributed by atoms with Crippen molar-refractivity contribution in [1.29, 1.82) is 0 Å². The van der Waals surface area contributed by atoms with Crippen molar-refractivity contribution in [3.05, 3.63) is 51.5 Å². The lowest BCUT2D eigenvalue weighted by atomic mass is 10.1. The van der Waals surface area contributed by atoms with Gasteiger partial charge in [0, 0.05) is 12.2 Å². The molecular weight excluding hydrogens is 262 g/mol. The number of nitrogens with one attached hydrogen (secondary N) is 1. The average molecular weight is 276 g/mol. The van der Waals surface area contributed by atoms with Crippen LogP contribution in [0.4, 0.5) is 11.5 Å². The molecule has 2 aromatic rings. The van der Waals surface area contributed by atoms with Gasteiger partial charge in [0.1, 0.15) is 5.02 Å². The fraction of sp³-hybridized carbons (Fsp3) is 0.286. The molecule has 98 valence electrons. The quantitative estimate of drug-likeness (QED) is 0.871. The number of halogens is 1. The maximum absolute atomic E-state index is 11.6. The number of H-pyrrole nitrogens is 1. The third-order valence-electron chi connectivity index (χ3n) is 3.39. The predicted molar refractivity (Wildman–Crippen MR) is 76.3 cm³/mol. The van der Waals surface area contributed by atoms with Crippen LogP contribution >= 0.6 is 11.6 Å². The number of aryl methyl sites for hydroxylation is 1. The summed E-state index contributed by atoms with van der Waals surface area (Å²) in [6.07, 6.45) is 4.64. The van der Waals surface area contributed by atoms with Crippen molar-refractivity contribution in [1.82, 2.24) is 9.97 Å². The van der Waals surface area contributed by atoms with E-state index in [9.17, 15) is 4.79 Å². The number of anilines is 2. The van der Waals surface area contributed by atoms with Gasteiger partial charge in [-0.2, -0.15) is 0 Å². The molecule has 19 heavy (non-hydrogen) atoms. The number of para-hydroxylation sites is 1. The molecule has 1 aliphatic heterocycles. The van der Waals surface area contributed by atoms with E-state index in [-0.39, 0.29) is 10.6 Å². The van der Waals surface area contributed by atoms with Crippen molar-refractivity contribution in [3.63, 3.8) is 0 Å². The van der Waals surface area contributed by atoms with Gasteiger partial charge in [0.15, 0.2) is 5.82 Å². The largest absolute Gasteiger partial charge is 0.325 e. The lowest BCUT2D eigenvalue weighted by Crippen LogP contribution is -2.22. The Bertz CT molecular complexity index is 653. The average Bonchev–Trinajstić information content (AvgIpc) is 2.64. The first-order valence-corrected chi connectivity index (χ1v) is 6.74. The standard InChI is InChI=1S/C14H14ClN3O/c15-12-13(16-9-17-14(12)19)18-8-4-3-6-10-5-1-2-7-11(10)18/h1-2,5,7,9H,3-4,6,8H2,(H,16,17,19). The zero-order chi connectivity index (χ0) is 13.2. The van der Waals surface area contributed by atoms with E-state index in [4.69, 9.17) is 11.6 Å². The molecule has 0 saturated heterocycles. The Morgan fingerprint density at radius 2 is 2.11 bits per heavy atom. The van der Waals surface area contributed by atoms with Gasteiger partial charge in [0.25, 0.3) is 5.56 Å². The van der Waals surface area contributed by atoms with Gasteiger partial charge in [0.05, 0.1) is 6.33 Å². The Hall–Kier alpha value is -1.81. The first kappa shape index (κ1) is 12.2. The van der Waals surface area contributed by atoms with Crippen molar-refractivity contribution < 1.29 is 0 Å². The first-order chi connectivity index (χ1) is 9.27. The van der Waals surface area contributed by atoms with E-state index in [0.717, 1.165) is 31.5 Å². The van der Waals surface area contributed by atoms with Gasteiger partial charge in [-0.05, 0) is 30.9 Å².